The van der Waals surface area contributed by atoms with Crippen LogP contribution in [-0.4, -0.2) is 33.7 Å². The number of hydrogen-bond donors (Lipinski definition) is 0. The molecule has 1 heterocycles. The fraction of sp³-hybridized carbons (Fsp3) is 0.316. The van der Waals surface area contributed by atoms with E-state index in [0.717, 1.165) is 36.3 Å². The van der Waals surface area contributed by atoms with E-state index < -0.39 is 0 Å². The molecule has 7 nitrogen and oxygen atoms in total. The van der Waals surface area contributed by atoms with E-state index in [-0.39, 0.29) is 17.8 Å². The molecule has 7 heteroatoms. The SMILES string of the molecule is COc1ccc(Cn2c(=O)c3cccc(OCc4ccccc4)c3n(CCN(Cc3ccccc3)C3CCCCC3)c2=O)cc1. The third-order valence-electron chi connectivity index (χ3n) is 8.87. The van der Waals surface area contributed by atoms with Crippen LogP contribution in [0, 0.1) is 0 Å². The minimum atomic E-state index is -0.331. The standard InChI is InChI=1S/C38H41N3O4/c1-44-33-22-20-30(21-23-33)27-41-37(42)34-18-11-19-35(45-28-31-14-7-3-8-15-31)36(34)40(38(41)43)25-24-39(32-16-9-4-10-17-32)26-29-12-5-2-6-13-29/h2-3,5-8,11-15,18-23,32H,4,9-10,16-17,24-28H2,1H3. The second kappa shape index (κ2) is 14.4. The molecule has 0 spiro atoms. The van der Waals surface area contributed by atoms with Gasteiger partial charge in [-0.15, -0.1) is 0 Å². The summed E-state index contributed by atoms with van der Waals surface area (Å²) in [6.45, 7) is 2.45. The quantitative estimate of drug-likeness (QED) is 0.160. The van der Waals surface area contributed by atoms with Gasteiger partial charge in [-0.2, -0.15) is 0 Å². The largest absolute Gasteiger partial charge is 0.497 e. The van der Waals surface area contributed by atoms with Gasteiger partial charge < -0.3 is 9.47 Å². The fourth-order valence-electron chi connectivity index (χ4n) is 6.44. The lowest BCUT2D eigenvalue weighted by Gasteiger charge is -2.34. The zero-order chi connectivity index (χ0) is 31.0. The number of hydrogen-bond acceptors (Lipinski definition) is 5. The summed E-state index contributed by atoms with van der Waals surface area (Å²) >= 11 is 0. The van der Waals surface area contributed by atoms with Gasteiger partial charge in [0.1, 0.15) is 23.6 Å². The van der Waals surface area contributed by atoms with Gasteiger partial charge in [-0.3, -0.25) is 18.8 Å². The zero-order valence-corrected chi connectivity index (χ0v) is 25.9. The Bertz CT molecular complexity index is 1810. The average molecular weight is 604 g/mol. The highest BCUT2D eigenvalue weighted by atomic mass is 16.5. The molecule has 4 aromatic carbocycles. The maximum absolute atomic E-state index is 14.3. The number of methoxy groups -OCH3 is 1. The van der Waals surface area contributed by atoms with Crippen molar-refractivity contribution in [3.05, 3.63) is 141 Å². The summed E-state index contributed by atoms with van der Waals surface area (Å²) in [6, 6.07) is 33.9. The fourth-order valence-corrected chi connectivity index (χ4v) is 6.44. The smallest absolute Gasteiger partial charge is 0.331 e. The predicted molar refractivity (Wildman–Crippen MR) is 179 cm³/mol. The minimum absolute atomic E-state index is 0.170. The Labute approximate surface area is 264 Å². The van der Waals surface area contributed by atoms with Crippen LogP contribution in [0.2, 0.25) is 0 Å². The van der Waals surface area contributed by atoms with Gasteiger partial charge >= 0.3 is 5.69 Å². The normalized spacial score (nSPS) is 13.7. The summed E-state index contributed by atoms with van der Waals surface area (Å²) in [5.74, 6) is 1.26. The van der Waals surface area contributed by atoms with Crippen molar-refractivity contribution in [3.63, 3.8) is 0 Å². The van der Waals surface area contributed by atoms with Crippen LogP contribution >= 0.6 is 0 Å². The van der Waals surface area contributed by atoms with E-state index in [2.05, 4.69) is 29.2 Å². The van der Waals surface area contributed by atoms with Crippen molar-refractivity contribution < 1.29 is 9.47 Å². The second-order valence-corrected chi connectivity index (χ2v) is 11.8. The Morgan fingerprint density at radius 3 is 2.11 bits per heavy atom. The molecular weight excluding hydrogens is 562 g/mol. The second-order valence-electron chi connectivity index (χ2n) is 11.8. The van der Waals surface area contributed by atoms with E-state index in [1.807, 2.05) is 72.8 Å². The van der Waals surface area contributed by atoms with Crippen molar-refractivity contribution >= 4 is 10.9 Å². The molecule has 45 heavy (non-hydrogen) atoms. The van der Waals surface area contributed by atoms with Gasteiger partial charge in [0.05, 0.1) is 19.0 Å². The molecule has 6 rings (SSSR count). The monoisotopic (exact) mass is 603 g/mol. The average Bonchev–Trinajstić information content (AvgIpc) is 3.10. The maximum Gasteiger partial charge on any atom is 0.331 e. The molecule has 1 aliphatic carbocycles. The van der Waals surface area contributed by atoms with Crippen LogP contribution < -0.4 is 20.7 Å². The van der Waals surface area contributed by atoms with E-state index in [1.54, 1.807) is 17.7 Å². The first-order valence-electron chi connectivity index (χ1n) is 15.9. The number of nitrogens with zero attached hydrogens (tertiary/aromatic N) is 3. The molecule has 1 aromatic heterocycles. The molecular formula is C38H41N3O4. The highest BCUT2D eigenvalue weighted by molar-refractivity contribution is 5.84. The van der Waals surface area contributed by atoms with Crippen molar-refractivity contribution in [3.8, 4) is 11.5 Å². The summed E-state index contributed by atoms with van der Waals surface area (Å²) in [6.07, 6.45) is 6.04. The number of benzene rings is 4. The molecule has 5 aromatic rings. The van der Waals surface area contributed by atoms with E-state index >= 15 is 0 Å². The Kier molecular flexibility index (Phi) is 9.76. The van der Waals surface area contributed by atoms with Gasteiger partial charge in [0.2, 0.25) is 0 Å². The van der Waals surface area contributed by atoms with Crippen LogP contribution in [0.3, 0.4) is 0 Å². The summed E-state index contributed by atoms with van der Waals surface area (Å²) in [5, 5.41) is 0.473. The first kappa shape index (κ1) is 30.4. The molecule has 1 aliphatic rings. The van der Waals surface area contributed by atoms with Crippen molar-refractivity contribution in [2.24, 2.45) is 0 Å². The molecule has 0 amide bonds. The first-order chi connectivity index (χ1) is 22.1. The number of aromatic nitrogens is 2. The lowest BCUT2D eigenvalue weighted by molar-refractivity contribution is 0.142. The summed E-state index contributed by atoms with van der Waals surface area (Å²) in [7, 11) is 1.62. The molecule has 232 valence electrons. The van der Waals surface area contributed by atoms with E-state index in [9.17, 15) is 9.59 Å². The van der Waals surface area contributed by atoms with Gasteiger partial charge in [0.25, 0.3) is 5.56 Å². The van der Waals surface area contributed by atoms with E-state index in [0.29, 0.717) is 42.4 Å². The summed E-state index contributed by atoms with van der Waals surface area (Å²) in [5.41, 5.74) is 3.03. The highest BCUT2D eigenvalue weighted by Crippen LogP contribution is 2.26. The van der Waals surface area contributed by atoms with Crippen LogP contribution in [0.1, 0.15) is 48.8 Å². The third kappa shape index (κ3) is 7.21. The summed E-state index contributed by atoms with van der Waals surface area (Å²) < 4.78 is 14.7. The minimum Gasteiger partial charge on any atom is -0.497 e. The van der Waals surface area contributed by atoms with Crippen molar-refractivity contribution in [1.29, 1.82) is 0 Å². The number of ether oxygens (including phenoxy) is 2. The molecule has 0 atom stereocenters. The zero-order valence-electron chi connectivity index (χ0n) is 25.9. The van der Waals surface area contributed by atoms with Gasteiger partial charge in [0.15, 0.2) is 0 Å². The van der Waals surface area contributed by atoms with Gasteiger partial charge in [-0.25, -0.2) is 4.79 Å². The number of rotatable bonds is 12. The molecule has 0 unspecified atom stereocenters. The molecule has 1 saturated carbocycles. The van der Waals surface area contributed by atoms with Gasteiger partial charge in [-0.1, -0.05) is 98.1 Å². The van der Waals surface area contributed by atoms with Crippen LogP contribution in [-0.2, 0) is 26.2 Å². The molecule has 0 saturated heterocycles. The Morgan fingerprint density at radius 1 is 0.733 bits per heavy atom. The Hall–Kier alpha value is -4.62. The summed E-state index contributed by atoms with van der Waals surface area (Å²) in [4.78, 5) is 30.8. The number of fused-ring (bicyclic) bond motifs is 1. The van der Waals surface area contributed by atoms with Crippen molar-refractivity contribution in [2.75, 3.05) is 13.7 Å². The van der Waals surface area contributed by atoms with E-state index in [4.69, 9.17) is 9.47 Å². The molecule has 0 N–H and O–H groups in total. The predicted octanol–water partition coefficient (Wildman–Crippen LogP) is 6.63. The lowest BCUT2D eigenvalue weighted by Crippen LogP contribution is -2.44. The van der Waals surface area contributed by atoms with Crippen LogP contribution in [0.4, 0.5) is 0 Å². The molecule has 0 bridgehead atoms. The van der Waals surface area contributed by atoms with Crippen LogP contribution in [0.5, 0.6) is 11.5 Å². The highest BCUT2D eigenvalue weighted by Gasteiger charge is 2.23. The van der Waals surface area contributed by atoms with Crippen molar-refractivity contribution in [2.45, 2.75) is 64.4 Å². The third-order valence-corrected chi connectivity index (χ3v) is 8.87. The maximum atomic E-state index is 14.3. The van der Waals surface area contributed by atoms with Crippen LogP contribution in [0.25, 0.3) is 10.9 Å². The topological polar surface area (TPSA) is 65.7 Å². The number of para-hydroxylation sites is 1. The molecule has 0 aliphatic heterocycles. The Balaban J connectivity index is 1.40. The molecule has 0 radical (unpaired) electrons. The van der Waals surface area contributed by atoms with Gasteiger partial charge in [0, 0.05) is 25.7 Å². The van der Waals surface area contributed by atoms with Gasteiger partial charge in [-0.05, 0) is 53.8 Å². The van der Waals surface area contributed by atoms with Crippen molar-refractivity contribution in [1.82, 2.24) is 14.0 Å². The lowest BCUT2D eigenvalue weighted by atomic mass is 9.94. The first-order valence-corrected chi connectivity index (χ1v) is 15.9. The Morgan fingerprint density at radius 2 is 1.42 bits per heavy atom. The van der Waals surface area contributed by atoms with Crippen LogP contribution in [0.15, 0.2) is 113 Å². The van der Waals surface area contributed by atoms with E-state index in [1.165, 1.54) is 29.4 Å². The molecule has 1 fully saturated rings.